The molecule has 176 valence electrons. The third-order valence-corrected chi connectivity index (χ3v) is 5.13. The standard InChI is InChI=1S/C25H47NO4/c1-4-5-6-7-8-9-10-11-12-13-14-15-16-17-18-22-29-24(27)19-20-25(28)30-23-21-26(2)3/h19-20H,4-18,21-23H2,1-3H3/b20-19+. The van der Waals surface area contributed by atoms with Gasteiger partial charge in [-0.2, -0.15) is 0 Å². The van der Waals surface area contributed by atoms with Gasteiger partial charge in [-0.05, 0) is 20.5 Å². The minimum atomic E-state index is -0.513. The van der Waals surface area contributed by atoms with Crippen molar-refractivity contribution in [2.75, 3.05) is 33.9 Å². The van der Waals surface area contributed by atoms with Crippen LogP contribution in [0.2, 0.25) is 0 Å². The van der Waals surface area contributed by atoms with E-state index < -0.39 is 11.9 Å². The Bertz CT molecular complexity index is 435. The molecule has 0 N–H and O–H groups in total. The maximum Gasteiger partial charge on any atom is 0.331 e. The quantitative estimate of drug-likeness (QED) is 0.127. The molecule has 0 bridgehead atoms. The predicted molar refractivity (Wildman–Crippen MR) is 125 cm³/mol. The van der Waals surface area contributed by atoms with Crippen LogP contribution in [0.5, 0.6) is 0 Å². The first-order valence-electron chi connectivity index (χ1n) is 12.2. The van der Waals surface area contributed by atoms with Crippen molar-refractivity contribution >= 4 is 11.9 Å². The first kappa shape index (κ1) is 28.6. The van der Waals surface area contributed by atoms with Crippen molar-refractivity contribution < 1.29 is 19.1 Å². The summed E-state index contributed by atoms with van der Waals surface area (Å²) in [5.74, 6) is -0.995. The van der Waals surface area contributed by atoms with Crippen LogP contribution in [0.25, 0.3) is 0 Å². The molecule has 0 aliphatic rings. The van der Waals surface area contributed by atoms with Gasteiger partial charge < -0.3 is 14.4 Å². The van der Waals surface area contributed by atoms with Crippen molar-refractivity contribution in [2.24, 2.45) is 0 Å². The molecule has 0 atom stereocenters. The van der Waals surface area contributed by atoms with Crippen LogP contribution >= 0.6 is 0 Å². The van der Waals surface area contributed by atoms with Crippen LogP contribution in [0.3, 0.4) is 0 Å². The summed E-state index contributed by atoms with van der Waals surface area (Å²) in [6, 6.07) is 0. The maximum atomic E-state index is 11.6. The van der Waals surface area contributed by atoms with Crippen LogP contribution in [0.15, 0.2) is 12.2 Å². The highest BCUT2D eigenvalue weighted by Crippen LogP contribution is 2.13. The Kier molecular flexibility index (Phi) is 21.3. The fourth-order valence-corrected chi connectivity index (χ4v) is 3.21. The average Bonchev–Trinajstić information content (AvgIpc) is 2.71. The number of esters is 2. The molecule has 0 amide bonds. The van der Waals surface area contributed by atoms with Crippen molar-refractivity contribution in [3.8, 4) is 0 Å². The molecule has 30 heavy (non-hydrogen) atoms. The van der Waals surface area contributed by atoms with E-state index in [4.69, 9.17) is 9.47 Å². The molecule has 0 aromatic heterocycles. The van der Waals surface area contributed by atoms with E-state index in [-0.39, 0.29) is 0 Å². The molecule has 5 heteroatoms. The van der Waals surface area contributed by atoms with Gasteiger partial charge in [0.05, 0.1) is 6.61 Å². The molecule has 0 radical (unpaired) electrons. The maximum absolute atomic E-state index is 11.6. The molecule has 0 spiro atoms. The second-order valence-electron chi connectivity index (χ2n) is 8.42. The SMILES string of the molecule is CCCCCCCCCCCCCCCCCOC(=O)/C=C/C(=O)OCCN(C)C. The summed E-state index contributed by atoms with van der Waals surface area (Å²) in [4.78, 5) is 24.9. The molecular weight excluding hydrogens is 378 g/mol. The monoisotopic (exact) mass is 425 g/mol. The van der Waals surface area contributed by atoms with Gasteiger partial charge in [0.25, 0.3) is 0 Å². The third kappa shape index (κ3) is 22.9. The minimum absolute atomic E-state index is 0.310. The summed E-state index contributed by atoms with van der Waals surface area (Å²) >= 11 is 0. The van der Waals surface area contributed by atoms with E-state index in [9.17, 15) is 9.59 Å². The van der Waals surface area contributed by atoms with Crippen molar-refractivity contribution in [3.05, 3.63) is 12.2 Å². The number of ether oxygens (including phenoxy) is 2. The zero-order valence-electron chi connectivity index (χ0n) is 20.0. The highest BCUT2D eigenvalue weighted by molar-refractivity contribution is 5.91. The Morgan fingerprint density at radius 1 is 0.600 bits per heavy atom. The fourth-order valence-electron chi connectivity index (χ4n) is 3.21. The highest BCUT2D eigenvalue weighted by Gasteiger charge is 2.01. The molecule has 5 nitrogen and oxygen atoms in total. The summed E-state index contributed by atoms with van der Waals surface area (Å²) in [5, 5.41) is 0. The number of unbranched alkanes of at least 4 members (excludes halogenated alkanes) is 14. The topological polar surface area (TPSA) is 55.8 Å². The largest absolute Gasteiger partial charge is 0.463 e. The number of carbonyl (C=O) groups is 2. The molecular formula is C25H47NO4. The fraction of sp³-hybridized carbons (Fsp3) is 0.840. The van der Waals surface area contributed by atoms with Gasteiger partial charge in [0, 0.05) is 18.7 Å². The molecule has 0 aliphatic heterocycles. The van der Waals surface area contributed by atoms with Gasteiger partial charge in [-0.25, -0.2) is 9.59 Å². The van der Waals surface area contributed by atoms with Crippen molar-refractivity contribution in [2.45, 2.75) is 103 Å². The van der Waals surface area contributed by atoms with Crippen LogP contribution in [0.1, 0.15) is 103 Å². The van der Waals surface area contributed by atoms with Crippen molar-refractivity contribution in [3.63, 3.8) is 0 Å². The Hall–Kier alpha value is -1.36. The van der Waals surface area contributed by atoms with E-state index >= 15 is 0 Å². The molecule has 0 saturated carbocycles. The summed E-state index contributed by atoms with van der Waals surface area (Å²) < 4.78 is 10.1. The van der Waals surface area contributed by atoms with E-state index in [0.29, 0.717) is 19.8 Å². The lowest BCUT2D eigenvalue weighted by Crippen LogP contribution is -2.19. The molecule has 0 unspecified atom stereocenters. The van der Waals surface area contributed by atoms with Gasteiger partial charge in [0.2, 0.25) is 0 Å². The van der Waals surface area contributed by atoms with Crippen molar-refractivity contribution in [1.29, 1.82) is 0 Å². The number of nitrogens with zero attached hydrogens (tertiary/aromatic N) is 1. The smallest absolute Gasteiger partial charge is 0.331 e. The second-order valence-corrected chi connectivity index (χ2v) is 8.42. The lowest BCUT2D eigenvalue weighted by Gasteiger charge is -2.08. The van der Waals surface area contributed by atoms with E-state index in [1.54, 1.807) is 0 Å². The predicted octanol–water partition coefficient (Wildman–Crippen LogP) is 6.06. The van der Waals surface area contributed by atoms with Gasteiger partial charge in [0.15, 0.2) is 0 Å². The Morgan fingerprint density at radius 2 is 0.967 bits per heavy atom. The average molecular weight is 426 g/mol. The Balaban J connectivity index is 3.32. The van der Waals surface area contributed by atoms with Gasteiger partial charge in [0.1, 0.15) is 6.61 Å². The lowest BCUT2D eigenvalue weighted by atomic mass is 10.0. The van der Waals surface area contributed by atoms with Crippen LogP contribution in [0, 0.1) is 0 Å². The third-order valence-electron chi connectivity index (χ3n) is 5.13. The summed E-state index contributed by atoms with van der Waals surface area (Å²) in [6.45, 7) is 3.65. The number of carbonyl (C=O) groups excluding carboxylic acids is 2. The lowest BCUT2D eigenvalue weighted by molar-refractivity contribution is -0.140. The van der Waals surface area contributed by atoms with Crippen LogP contribution < -0.4 is 0 Å². The van der Waals surface area contributed by atoms with E-state index in [0.717, 1.165) is 25.0 Å². The van der Waals surface area contributed by atoms with Crippen molar-refractivity contribution in [1.82, 2.24) is 4.90 Å². The zero-order chi connectivity index (χ0) is 22.3. The summed E-state index contributed by atoms with van der Waals surface area (Å²) in [5.41, 5.74) is 0. The number of likely N-dealkylation sites (N-methyl/N-ethyl adjacent to an activating group) is 1. The minimum Gasteiger partial charge on any atom is -0.463 e. The van der Waals surface area contributed by atoms with Crippen LogP contribution in [0.4, 0.5) is 0 Å². The highest BCUT2D eigenvalue weighted by atomic mass is 16.5. The second kappa shape index (κ2) is 22.3. The zero-order valence-corrected chi connectivity index (χ0v) is 20.0. The molecule has 0 aromatic rings. The van der Waals surface area contributed by atoms with Crippen LogP contribution in [-0.2, 0) is 19.1 Å². The van der Waals surface area contributed by atoms with Gasteiger partial charge >= 0.3 is 11.9 Å². The molecule has 0 saturated heterocycles. The van der Waals surface area contributed by atoms with Gasteiger partial charge in [-0.1, -0.05) is 96.8 Å². The number of hydrogen-bond acceptors (Lipinski definition) is 5. The van der Waals surface area contributed by atoms with Gasteiger partial charge in [-0.15, -0.1) is 0 Å². The van der Waals surface area contributed by atoms with E-state index in [2.05, 4.69) is 6.92 Å². The Morgan fingerprint density at radius 3 is 1.37 bits per heavy atom. The number of hydrogen-bond donors (Lipinski definition) is 0. The normalized spacial score (nSPS) is 11.3. The van der Waals surface area contributed by atoms with Gasteiger partial charge in [-0.3, -0.25) is 0 Å². The molecule has 0 aliphatic carbocycles. The molecule has 0 aromatic carbocycles. The van der Waals surface area contributed by atoms with E-state index in [1.807, 2.05) is 19.0 Å². The van der Waals surface area contributed by atoms with Crippen LogP contribution in [-0.4, -0.2) is 50.7 Å². The molecule has 0 heterocycles. The Labute approximate surface area is 185 Å². The molecule has 0 rings (SSSR count). The number of rotatable bonds is 21. The molecule has 0 fully saturated rings. The van der Waals surface area contributed by atoms with E-state index in [1.165, 1.54) is 83.5 Å². The summed E-state index contributed by atoms with van der Waals surface area (Å²) in [7, 11) is 3.80. The first-order valence-corrected chi connectivity index (χ1v) is 12.2. The first-order chi connectivity index (χ1) is 14.6. The summed E-state index contributed by atoms with van der Waals surface area (Å²) in [6.07, 6.45) is 21.9.